The van der Waals surface area contributed by atoms with Gasteiger partial charge in [0.25, 0.3) is 0 Å². The maximum absolute atomic E-state index is 12.2. The van der Waals surface area contributed by atoms with Crippen LogP contribution in [0.15, 0.2) is 23.4 Å². The molecule has 0 aromatic carbocycles. The fourth-order valence-corrected chi connectivity index (χ4v) is 3.49. The number of nitrogens with one attached hydrogen (secondary N) is 1. The molecule has 16 heavy (non-hydrogen) atoms. The summed E-state index contributed by atoms with van der Waals surface area (Å²) in [6.45, 7) is 3.34. The van der Waals surface area contributed by atoms with Gasteiger partial charge in [-0.1, -0.05) is 6.07 Å². The second-order valence-electron chi connectivity index (χ2n) is 4.19. The number of aryl methyl sites for hydroxylation is 1. The molecule has 1 atom stereocenters. The molecule has 88 valence electrons. The number of hydrogen-bond acceptors (Lipinski definition) is 4. The van der Waals surface area contributed by atoms with Crippen molar-refractivity contribution in [3.05, 3.63) is 23.9 Å². The van der Waals surface area contributed by atoms with Crippen molar-refractivity contribution < 1.29 is 8.42 Å². The molecule has 1 fully saturated rings. The van der Waals surface area contributed by atoms with E-state index in [4.69, 9.17) is 0 Å². The van der Waals surface area contributed by atoms with Crippen LogP contribution < -0.4 is 5.32 Å². The highest BCUT2D eigenvalue weighted by molar-refractivity contribution is 7.92. The Morgan fingerprint density at radius 3 is 2.81 bits per heavy atom. The number of pyridine rings is 1. The molecule has 1 aliphatic rings. The quantitative estimate of drug-likeness (QED) is 0.835. The molecule has 1 aromatic heterocycles. The molecule has 1 aliphatic heterocycles. The molecule has 2 heterocycles. The van der Waals surface area contributed by atoms with Crippen LogP contribution in [0.4, 0.5) is 0 Å². The van der Waals surface area contributed by atoms with E-state index < -0.39 is 9.84 Å². The van der Waals surface area contributed by atoms with E-state index in [-0.39, 0.29) is 10.3 Å². The molecule has 0 unspecified atom stereocenters. The molecule has 5 heteroatoms. The molecular weight excluding hydrogens is 224 g/mol. The van der Waals surface area contributed by atoms with Gasteiger partial charge >= 0.3 is 0 Å². The van der Waals surface area contributed by atoms with Gasteiger partial charge in [0.05, 0.1) is 5.25 Å². The van der Waals surface area contributed by atoms with Crippen LogP contribution in [-0.4, -0.2) is 31.7 Å². The predicted octanol–water partition coefficient (Wildman–Crippen LogP) is 0.916. The van der Waals surface area contributed by atoms with E-state index in [1.807, 2.05) is 6.92 Å². The first-order chi connectivity index (χ1) is 7.60. The Labute approximate surface area is 96.0 Å². The van der Waals surface area contributed by atoms with Crippen molar-refractivity contribution in [1.82, 2.24) is 10.3 Å². The van der Waals surface area contributed by atoms with Gasteiger partial charge in [0.1, 0.15) is 0 Å². The minimum atomic E-state index is -3.25. The third kappa shape index (κ3) is 2.25. The number of sulfone groups is 1. The Bertz CT molecular complexity index is 447. The van der Waals surface area contributed by atoms with E-state index >= 15 is 0 Å². The third-order valence-corrected chi connectivity index (χ3v) is 4.97. The molecule has 0 spiro atoms. The predicted molar refractivity (Wildman–Crippen MR) is 62.1 cm³/mol. The monoisotopic (exact) mass is 240 g/mol. The number of nitrogens with zero attached hydrogens (tertiary/aromatic N) is 1. The summed E-state index contributed by atoms with van der Waals surface area (Å²) in [5, 5.41) is 2.99. The summed E-state index contributed by atoms with van der Waals surface area (Å²) in [6.07, 6.45) is 3.24. The lowest BCUT2D eigenvalue weighted by molar-refractivity contribution is 0.495. The first-order valence-electron chi connectivity index (χ1n) is 5.48. The lowest BCUT2D eigenvalue weighted by Crippen LogP contribution is -2.39. The molecule has 0 amide bonds. The van der Waals surface area contributed by atoms with E-state index in [2.05, 4.69) is 10.3 Å². The Morgan fingerprint density at radius 2 is 2.25 bits per heavy atom. The van der Waals surface area contributed by atoms with Crippen molar-refractivity contribution in [2.45, 2.75) is 30.0 Å². The average molecular weight is 240 g/mol. The number of rotatable bonds is 2. The maximum atomic E-state index is 12.2. The van der Waals surface area contributed by atoms with Crippen LogP contribution >= 0.6 is 0 Å². The first-order valence-corrected chi connectivity index (χ1v) is 7.02. The minimum absolute atomic E-state index is 0.201. The topological polar surface area (TPSA) is 59.1 Å². The highest BCUT2D eigenvalue weighted by atomic mass is 32.2. The number of piperidine rings is 1. The Morgan fingerprint density at radius 1 is 1.44 bits per heavy atom. The van der Waals surface area contributed by atoms with Gasteiger partial charge in [0.15, 0.2) is 14.9 Å². The van der Waals surface area contributed by atoms with Gasteiger partial charge in [-0.3, -0.25) is 0 Å². The van der Waals surface area contributed by atoms with Gasteiger partial charge in [-0.15, -0.1) is 0 Å². The maximum Gasteiger partial charge on any atom is 0.199 e. The van der Waals surface area contributed by atoms with E-state index in [0.29, 0.717) is 6.54 Å². The second kappa shape index (κ2) is 4.51. The summed E-state index contributed by atoms with van der Waals surface area (Å²) < 4.78 is 24.4. The normalized spacial score (nSPS) is 21.9. The highest BCUT2D eigenvalue weighted by Gasteiger charge is 2.29. The molecule has 0 radical (unpaired) electrons. The average Bonchev–Trinajstić information content (AvgIpc) is 2.31. The van der Waals surface area contributed by atoms with Gasteiger partial charge in [-0.2, -0.15) is 0 Å². The molecule has 4 nitrogen and oxygen atoms in total. The van der Waals surface area contributed by atoms with Crippen LogP contribution in [0.25, 0.3) is 0 Å². The molecule has 1 aromatic rings. The Balaban J connectivity index is 2.27. The van der Waals surface area contributed by atoms with Gasteiger partial charge < -0.3 is 5.32 Å². The molecule has 1 N–H and O–H groups in total. The zero-order valence-corrected chi connectivity index (χ0v) is 10.1. The number of hydrogen-bond donors (Lipinski definition) is 1. The van der Waals surface area contributed by atoms with Gasteiger partial charge in [-0.25, -0.2) is 13.4 Å². The lowest BCUT2D eigenvalue weighted by atomic mass is 10.2. The SMILES string of the molecule is Cc1ccc(S(=O)(=O)[C@@H]2CCCNC2)nc1. The van der Waals surface area contributed by atoms with Crippen molar-refractivity contribution >= 4 is 9.84 Å². The van der Waals surface area contributed by atoms with Crippen LogP contribution in [0.2, 0.25) is 0 Å². The van der Waals surface area contributed by atoms with Crippen molar-refractivity contribution in [3.8, 4) is 0 Å². The van der Waals surface area contributed by atoms with Crippen molar-refractivity contribution in [2.24, 2.45) is 0 Å². The van der Waals surface area contributed by atoms with Crippen LogP contribution in [-0.2, 0) is 9.84 Å². The first kappa shape index (κ1) is 11.5. The van der Waals surface area contributed by atoms with Crippen LogP contribution in [0.5, 0.6) is 0 Å². The zero-order chi connectivity index (χ0) is 11.6. The minimum Gasteiger partial charge on any atom is -0.315 e. The van der Waals surface area contributed by atoms with Crippen molar-refractivity contribution in [2.75, 3.05) is 13.1 Å². The zero-order valence-electron chi connectivity index (χ0n) is 9.31. The van der Waals surface area contributed by atoms with E-state index in [0.717, 1.165) is 24.9 Å². The highest BCUT2D eigenvalue weighted by Crippen LogP contribution is 2.19. The largest absolute Gasteiger partial charge is 0.315 e. The molecular formula is C11H16N2O2S. The Hall–Kier alpha value is -0.940. The number of aromatic nitrogens is 1. The summed E-state index contributed by atoms with van der Waals surface area (Å²) in [5.41, 5.74) is 0.973. The van der Waals surface area contributed by atoms with Gasteiger partial charge in [0.2, 0.25) is 0 Å². The summed E-state index contributed by atoms with van der Waals surface area (Å²) in [7, 11) is -3.25. The van der Waals surface area contributed by atoms with Crippen molar-refractivity contribution in [1.29, 1.82) is 0 Å². The van der Waals surface area contributed by atoms with E-state index in [1.165, 1.54) is 0 Å². The Kier molecular flexibility index (Phi) is 3.25. The molecule has 0 saturated carbocycles. The lowest BCUT2D eigenvalue weighted by Gasteiger charge is -2.22. The summed E-state index contributed by atoms with van der Waals surface area (Å²) in [4.78, 5) is 4.01. The van der Waals surface area contributed by atoms with Crippen LogP contribution in [0.3, 0.4) is 0 Å². The standard InChI is InChI=1S/C11H16N2O2S/c1-9-4-5-11(13-7-9)16(14,15)10-3-2-6-12-8-10/h4-5,7,10,12H,2-3,6,8H2,1H3/t10-/m1/s1. The summed E-state index contributed by atoms with van der Waals surface area (Å²) in [6, 6.07) is 3.38. The van der Waals surface area contributed by atoms with Gasteiger partial charge in [-0.05, 0) is 37.9 Å². The van der Waals surface area contributed by atoms with Crippen molar-refractivity contribution in [3.63, 3.8) is 0 Å². The van der Waals surface area contributed by atoms with E-state index in [9.17, 15) is 8.42 Å². The summed E-state index contributed by atoms with van der Waals surface area (Å²) >= 11 is 0. The van der Waals surface area contributed by atoms with E-state index in [1.54, 1.807) is 18.3 Å². The molecule has 2 rings (SSSR count). The van der Waals surface area contributed by atoms with Crippen LogP contribution in [0, 0.1) is 6.92 Å². The fraction of sp³-hybridized carbons (Fsp3) is 0.545. The summed E-state index contributed by atoms with van der Waals surface area (Å²) in [5.74, 6) is 0. The second-order valence-corrected chi connectivity index (χ2v) is 6.36. The van der Waals surface area contributed by atoms with Crippen LogP contribution in [0.1, 0.15) is 18.4 Å². The molecule has 0 aliphatic carbocycles. The molecule has 0 bridgehead atoms. The third-order valence-electron chi connectivity index (χ3n) is 2.87. The fourth-order valence-electron chi connectivity index (χ4n) is 1.88. The molecule has 1 saturated heterocycles. The van der Waals surface area contributed by atoms with Gasteiger partial charge in [0, 0.05) is 12.7 Å². The smallest absolute Gasteiger partial charge is 0.199 e.